The molecule has 2 rings (SSSR count). The molecule has 0 amide bonds. The Balaban J connectivity index is 2.31. The van der Waals surface area contributed by atoms with E-state index in [1.165, 1.54) is 10.4 Å². The van der Waals surface area contributed by atoms with Gasteiger partial charge in [0.2, 0.25) is 0 Å². The van der Waals surface area contributed by atoms with E-state index in [1.54, 1.807) is 11.3 Å². The highest BCUT2D eigenvalue weighted by Gasteiger charge is 2.15. The Morgan fingerprint density at radius 3 is 2.81 bits per heavy atom. The van der Waals surface area contributed by atoms with Crippen LogP contribution in [0.5, 0.6) is 0 Å². The maximum atomic E-state index is 5.56. The summed E-state index contributed by atoms with van der Waals surface area (Å²) in [6.45, 7) is 6.68. The first-order valence-corrected chi connectivity index (χ1v) is 6.04. The molecule has 86 valence electrons. The lowest BCUT2D eigenvalue weighted by Crippen LogP contribution is -2.10. The summed E-state index contributed by atoms with van der Waals surface area (Å²) >= 11 is 1.67. The van der Waals surface area contributed by atoms with E-state index in [9.17, 15) is 0 Å². The fourth-order valence-corrected chi connectivity index (χ4v) is 2.27. The first-order valence-electron chi connectivity index (χ1n) is 5.23. The number of thiophene rings is 1. The predicted molar refractivity (Wildman–Crippen MR) is 64.6 cm³/mol. The number of aryl methyl sites for hydroxylation is 2. The molecule has 2 aromatic heterocycles. The Kier molecular flexibility index (Phi) is 3.07. The van der Waals surface area contributed by atoms with Crippen molar-refractivity contribution in [1.29, 1.82) is 0 Å². The molecule has 0 aliphatic carbocycles. The molecule has 0 spiro atoms. The molecule has 5 heteroatoms. The zero-order valence-corrected chi connectivity index (χ0v) is 10.5. The molecule has 0 bridgehead atoms. The number of nitrogens with zero attached hydrogens (tertiary/aromatic N) is 2. The molecule has 0 saturated heterocycles. The molecule has 0 fully saturated rings. The van der Waals surface area contributed by atoms with Crippen LogP contribution in [-0.4, -0.2) is 16.7 Å². The first-order chi connectivity index (χ1) is 7.61. The van der Waals surface area contributed by atoms with Crippen molar-refractivity contribution in [3.8, 4) is 10.8 Å². The number of hydrogen-bond donors (Lipinski definition) is 1. The van der Waals surface area contributed by atoms with Gasteiger partial charge in [0, 0.05) is 17.3 Å². The molecule has 0 aliphatic rings. The van der Waals surface area contributed by atoms with Crippen molar-refractivity contribution in [1.82, 2.24) is 10.1 Å². The lowest BCUT2D eigenvalue weighted by molar-refractivity contribution is 0.418. The highest BCUT2D eigenvalue weighted by molar-refractivity contribution is 7.15. The minimum atomic E-state index is 0.139. The van der Waals surface area contributed by atoms with Gasteiger partial charge >= 0.3 is 0 Å². The first kappa shape index (κ1) is 11.3. The summed E-state index contributed by atoms with van der Waals surface area (Å²) in [5.41, 5.74) is 6.82. The van der Waals surface area contributed by atoms with E-state index in [1.807, 2.05) is 6.92 Å². The summed E-state index contributed by atoms with van der Waals surface area (Å²) in [6, 6.07) is 2.07. The monoisotopic (exact) mass is 237 g/mol. The second kappa shape index (κ2) is 4.35. The van der Waals surface area contributed by atoms with Crippen LogP contribution in [0.4, 0.5) is 0 Å². The second-order valence-electron chi connectivity index (χ2n) is 3.94. The second-order valence-corrected chi connectivity index (χ2v) is 5.20. The summed E-state index contributed by atoms with van der Waals surface area (Å²) in [7, 11) is 0. The van der Waals surface area contributed by atoms with Crippen LogP contribution in [0.25, 0.3) is 10.8 Å². The van der Waals surface area contributed by atoms with E-state index < -0.39 is 0 Å². The number of nitrogens with two attached hydrogens (primary N) is 1. The Morgan fingerprint density at radius 1 is 1.50 bits per heavy atom. The number of aromatic nitrogens is 2. The van der Waals surface area contributed by atoms with Crippen molar-refractivity contribution in [3.63, 3.8) is 0 Å². The van der Waals surface area contributed by atoms with Gasteiger partial charge in [-0.15, -0.1) is 11.3 Å². The highest BCUT2D eigenvalue weighted by Crippen LogP contribution is 2.30. The van der Waals surface area contributed by atoms with E-state index in [0.717, 1.165) is 4.88 Å². The zero-order valence-electron chi connectivity index (χ0n) is 9.65. The van der Waals surface area contributed by atoms with Crippen LogP contribution in [0, 0.1) is 13.8 Å². The Morgan fingerprint density at radius 2 is 2.25 bits per heavy atom. The van der Waals surface area contributed by atoms with Gasteiger partial charge < -0.3 is 10.3 Å². The van der Waals surface area contributed by atoms with Crippen molar-refractivity contribution in [3.05, 3.63) is 22.3 Å². The molecule has 2 aromatic rings. The van der Waals surface area contributed by atoms with E-state index in [2.05, 4.69) is 30.1 Å². The van der Waals surface area contributed by atoms with Crippen molar-refractivity contribution in [2.24, 2.45) is 5.73 Å². The summed E-state index contributed by atoms with van der Waals surface area (Å²) in [4.78, 5) is 6.66. The molecule has 2 N–H and O–H groups in total. The summed E-state index contributed by atoms with van der Waals surface area (Å²) in [5, 5.41) is 3.94. The Bertz CT molecular complexity index is 470. The minimum Gasteiger partial charge on any atom is -0.333 e. The average molecular weight is 237 g/mol. The van der Waals surface area contributed by atoms with Crippen molar-refractivity contribution in [2.75, 3.05) is 6.54 Å². The van der Waals surface area contributed by atoms with Gasteiger partial charge in [0.25, 0.3) is 5.89 Å². The van der Waals surface area contributed by atoms with Gasteiger partial charge in [-0.2, -0.15) is 4.98 Å². The maximum Gasteiger partial charge on any atom is 0.268 e. The minimum absolute atomic E-state index is 0.139. The topological polar surface area (TPSA) is 64.9 Å². The van der Waals surface area contributed by atoms with Crippen LogP contribution < -0.4 is 5.73 Å². The van der Waals surface area contributed by atoms with Crippen LogP contribution in [0.2, 0.25) is 0 Å². The third-order valence-electron chi connectivity index (χ3n) is 2.61. The average Bonchev–Trinajstić information content (AvgIpc) is 2.86. The summed E-state index contributed by atoms with van der Waals surface area (Å²) in [6.07, 6.45) is 0. The van der Waals surface area contributed by atoms with Crippen LogP contribution in [-0.2, 0) is 0 Å². The predicted octanol–water partition coefficient (Wildman–Crippen LogP) is 2.48. The summed E-state index contributed by atoms with van der Waals surface area (Å²) < 4.78 is 5.24. The largest absolute Gasteiger partial charge is 0.333 e. The number of hydrogen-bond acceptors (Lipinski definition) is 5. The van der Waals surface area contributed by atoms with Crippen LogP contribution >= 0.6 is 11.3 Å². The SMILES string of the molecule is Cc1cc(-c2nc(C(C)CN)no2)sc1C. The van der Waals surface area contributed by atoms with E-state index in [-0.39, 0.29) is 5.92 Å². The van der Waals surface area contributed by atoms with Gasteiger partial charge in [0.05, 0.1) is 4.88 Å². The van der Waals surface area contributed by atoms with E-state index >= 15 is 0 Å². The third-order valence-corrected chi connectivity index (χ3v) is 3.75. The van der Waals surface area contributed by atoms with Gasteiger partial charge in [0.15, 0.2) is 5.82 Å². The molecule has 0 saturated carbocycles. The third kappa shape index (κ3) is 2.01. The lowest BCUT2D eigenvalue weighted by Gasteiger charge is -1.98. The zero-order chi connectivity index (χ0) is 11.7. The van der Waals surface area contributed by atoms with Crippen molar-refractivity contribution < 1.29 is 4.52 Å². The molecule has 0 radical (unpaired) electrons. The van der Waals surface area contributed by atoms with Gasteiger partial charge in [-0.3, -0.25) is 0 Å². The highest BCUT2D eigenvalue weighted by atomic mass is 32.1. The normalized spacial score (nSPS) is 13.0. The molecule has 0 aromatic carbocycles. The van der Waals surface area contributed by atoms with Crippen LogP contribution in [0.1, 0.15) is 29.1 Å². The van der Waals surface area contributed by atoms with Crippen LogP contribution in [0.3, 0.4) is 0 Å². The van der Waals surface area contributed by atoms with Crippen molar-refractivity contribution >= 4 is 11.3 Å². The molecular formula is C11H15N3OS. The van der Waals surface area contributed by atoms with Crippen LogP contribution in [0.15, 0.2) is 10.6 Å². The quantitative estimate of drug-likeness (QED) is 0.890. The lowest BCUT2D eigenvalue weighted by atomic mass is 10.2. The standard InChI is InChI=1S/C11H15N3OS/c1-6-4-9(16-8(6)3)11-13-10(14-15-11)7(2)5-12/h4,7H,5,12H2,1-3H3. The molecule has 0 aliphatic heterocycles. The summed E-state index contributed by atoms with van der Waals surface area (Å²) in [5.74, 6) is 1.41. The Labute approximate surface area is 98.5 Å². The number of rotatable bonds is 3. The Hall–Kier alpha value is -1.20. The molecule has 1 unspecified atom stereocenters. The van der Waals surface area contributed by atoms with Gasteiger partial charge in [0.1, 0.15) is 0 Å². The fourth-order valence-electron chi connectivity index (χ4n) is 1.32. The maximum absolute atomic E-state index is 5.56. The molecule has 4 nitrogen and oxygen atoms in total. The molecular weight excluding hydrogens is 222 g/mol. The van der Waals surface area contributed by atoms with Gasteiger partial charge in [-0.25, -0.2) is 0 Å². The smallest absolute Gasteiger partial charge is 0.268 e. The van der Waals surface area contributed by atoms with Gasteiger partial charge in [-0.1, -0.05) is 12.1 Å². The molecule has 2 heterocycles. The fraction of sp³-hybridized carbons (Fsp3) is 0.455. The van der Waals surface area contributed by atoms with Crippen molar-refractivity contribution in [2.45, 2.75) is 26.7 Å². The molecule has 16 heavy (non-hydrogen) atoms. The van der Waals surface area contributed by atoms with E-state index in [0.29, 0.717) is 18.3 Å². The van der Waals surface area contributed by atoms with Gasteiger partial charge in [-0.05, 0) is 25.5 Å². The van der Waals surface area contributed by atoms with E-state index in [4.69, 9.17) is 10.3 Å². The molecule has 1 atom stereocenters.